The van der Waals surface area contributed by atoms with Gasteiger partial charge >= 0.3 is 0 Å². The van der Waals surface area contributed by atoms with Crippen molar-refractivity contribution in [1.29, 1.82) is 0 Å². The van der Waals surface area contributed by atoms with Crippen molar-refractivity contribution in [3.8, 4) is 5.75 Å². The third kappa shape index (κ3) is 4.08. The van der Waals surface area contributed by atoms with Crippen LogP contribution in [0.1, 0.15) is 16.0 Å². The Morgan fingerprint density at radius 1 is 1.30 bits per heavy atom. The molecule has 4 rings (SSSR count). The number of carbonyl (C=O) groups is 1. The van der Waals surface area contributed by atoms with Crippen molar-refractivity contribution in [3.63, 3.8) is 0 Å². The molecule has 0 aliphatic carbocycles. The highest BCUT2D eigenvalue weighted by Crippen LogP contribution is 2.27. The van der Waals surface area contributed by atoms with Gasteiger partial charge in [-0.2, -0.15) is 0 Å². The standard InChI is InChI=1S/C20H24N4O2S/c1-21-20(22-11-16-10-14-4-2-3-5-17(14)26-16)23-12-19(25)24-8-6-18-15(13-24)7-9-27-18/h2-5,7,9,16H,6,8,10-13H2,1H3,(H2,21,22,23). The summed E-state index contributed by atoms with van der Waals surface area (Å²) in [5, 5.41) is 8.49. The molecule has 0 fully saturated rings. The first kappa shape index (κ1) is 17.9. The second kappa shape index (κ2) is 8.00. The zero-order valence-corrected chi connectivity index (χ0v) is 16.2. The lowest BCUT2D eigenvalue weighted by Crippen LogP contribution is -2.47. The summed E-state index contributed by atoms with van der Waals surface area (Å²) >= 11 is 1.78. The number of aliphatic imine (C=N–C) groups is 1. The number of hydrogen-bond acceptors (Lipinski definition) is 4. The van der Waals surface area contributed by atoms with Gasteiger partial charge in [-0.1, -0.05) is 18.2 Å². The van der Waals surface area contributed by atoms with Gasteiger partial charge in [0.1, 0.15) is 11.9 Å². The first-order valence-electron chi connectivity index (χ1n) is 9.25. The second-order valence-electron chi connectivity index (χ2n) is 6.79. The summed E-state index contributed by atoms with van der Waals surface area (Å²) in [5.74, 6) is 1.68. The lowest BCUT2D eigenvalue weighted by Gasteiger charge is -2.27. The predicted octanol–water partition coefficient (Wildman–Crippen LogP) is 1.80. The summed E-state index contributed by atoms with van der Waals surface area (Å²) in [4.78, 5) is 20.0. The Morgan fingerprint density at radius 2 is 2.19 bits per heavy atom. The molecular weight excluding hydrogens is 360 g/mol. The van der Waals surface area contributed by atoms with Crippen molar-refractivity contribution in [3.05, 3.63) is 51.7 Å². The summed E-state index contributed by atoms with van der Waals surface area (Å²) < 4.78 is 5.93. The molecule has 2 N–H and O–H groups in total. The van der Waals surface area contributed by atoms with Crippen molar-refractivity contribution in [1.82, 2.24) is 15.5 Å². The van der Waals surface area contributed by atoms with Crippen LogP contribution in [0.3, 0.4) is 0 Å². The van der Waals surface area contributed by atoms with E-state index in [1.165, 1.54) is 16.0 Å². The van der Waals surface area contributed by atoms with Crippen molar-refractivity contribution >= 4 is 23.2 Å². The fraction of sp³-hybridized carbons (Fsp3) is 0.400. The number of nitrogens with zero attached hydrogens (tertiary/aromatic N) is 2. The van der Waals surface area contributed by atoms with Crippen LogP contribution in [0.2, 0.25) is 0 Å². The highest BCUT2D eigenvalue weighted by atomic mass is 32.1. The number of fused-ring (bicyclic) bond motifs is 2. The summed E-state index contributed by atoms with van der Waals surface area (Å²) in [6.07, 6.45) is 1.91. The number of ether oxygens (including phenoxy) is 1. The molecule has 1 aromatic carbocycles. The van der Waals surface area contributed by atoms with E-state index in [2.05, 4.69) is 33.1 Å². The van der Waals surface area contributed by atoms with Gasteiger partial charge in [0.05, 0.1) is 13.1 Å². The number of guanidine groups is 1. The average Bonchev–Trinajstić information content (AvgIpc) is 3.33. The molecule has 1 amide bonds. The maximum Gasteiger partial charge on any atom is 0.242 e. The van der Waals surface area contributed by atoms with E-state index >= 15 is 0 Å². The Hall–Kier alpha value is -2.54. The van der Waals surface area contributed by atoms with Crippen LogP contribution in [0, 0.1) is 0 Å². The molecular formula is C20H24N4O2S. The van der Waals surface area contributed by atoms with E-state index in [0.717, 1.165) is 25.1 Å². The Morgan fingerprint density at radius 3 is 3.04 bits per heavy atom. The molecule has 3 heterocycles. The molecule has 6 nitrogen and oxygen atoms in total. The largest absolute Gasteiger partial charge is 0.488 e. The lowest BCUT2D eigenvalue weighted by atomic mass is 10.1. The molecule has 0 spiro atoms. The van der Waals surface area contributed by atoms with Gasteiger partial charge in [-0.25, -0.2) is 0 Å². The minimum Gasteiger partial charge on any atom is -0.488 e. The summed E-state index contributed by atoms with van der Waals surface area (Å²) in [6, 6.07) is 10.2. The van der Waals surface area contributed by atoms with Crippen LogP contribution in [0.4, 0.5) is 0 Å². The molecule has 1 unspecified atom stereocenters. The monoisotopic (exact) mass is 384 g/mol. The van der Waals surface area contributed by atoms with Crippen molar-refractivity contribution in [2.24, 2.45) is 4.99 Å². The van der Waals surface area contributed by atoms with Gasteiger partial charge in [-0.15, -0.1) is 11.3 Å². The molecule has 27 heavy (non-hydrogen) atoms. The molecule has 0 radical (unpaired) electrons. The van der Waals surface area contributed by atoms with E-state index in [-0.39, 0.29) is 18.6 Å². The first-order valence-corrected chi connectivity index (χ1v) is 10.1. The first-order chi connectivity index (χ1) is 13.2. The van der Waals surface area contributed by atoms with Crippen molar-refractivity contribution in [2.75, 3.05) is 26.7 Å². The maximum absolute atomic E-state index is 12.5. The van der Waals surface area contributed by atoms with Crippen LogP contribution in [0.25, 0.3) is 0 Å². The molecule has 1 atom stereocenters. The van der Waals surface area contributed by atoms with Gasteiger partial charge in [0, 0.05) is 31.4 Å². The topological polar surface area (TPSA) is 66.0 Å². The molecule has 2 aromatic rings. The second-order valence-corrected chi connectivity index (χ2v) is 7.79. The fourth-order valence-electron chi connectivity index (χ4n) is 3.53. The Labute approximate surface area is 163 Å². The van der Waals surface area contributed by atoms with Gasteiger partial charge in [0.15, 0.2) is 5.96 Å². The molecule has 2 aliphatic heterocycles. The minimum atomic E-state index is 0.0794. The van der Waals surface area contributed by atoms with E-state index < -0.39 is 0 Å². The third-order valence-electron chi connectivity index (χ3n) is 5.00. The van der Waals surface area contributed by atoms with Gasteiger partial charge in [0.2, 0.25) is 5.91 Å². The van der Waals surface area contributed by atoms with E-state index in [9.17, 15) is 4.79 Å². The average molecular weight is 385 g/mol. The summed E-state index contributed by atoms with van der Waals surface area (Å²) in [7, 11) is 1.71. The summed E-state index contributed by atoms with van der Waals surface area (Å²) in [6.45, 7) is 2.38. The normalized spacial score (nSPS) is 18.5. The van der Waals surface area contributed by atoms with Gasteiger partial charge < -0.3 is 20.3 Å². The number of nitrogens with one attached hydrogen (secondary N) is 2. The number of para-hydroxylation sites is 1. The van der Waals surface area contributed by atoms with Crippen LogP contribution in [0.5, 0.6) is 5.75 Å². The lowest BCUT2D eigenvalue weighted by molar-refractivity contribution is -0.130. The predicted molar refractivity (Wildman–Crippen MR) is 107 cm³/mol. The zero-order chi connectivity index (χ0) is 18.6. The van der Waals surface area contributed by atoms with E-state index in [0.29, 0.717) is 19.0 Å². The van der Waals surface area contributed by atoms with Crippen LogP contribution >= 0.6 is 11.3 Å². The third-order valence-corrected chi connectivity index (χ3v) is 6.03. The molecule has 142 valence electrons. The van der Waals surface area contributed by atoms with Crippen molar-refractivity contribution < 1.29 is 9.53 Å². The fourth-order valence-corrected chi connectivity index (χ4v) is 4.42. The van der Waals surface area contributed by atoms with Crippen LogP contribution in [-0.4, -0.2) is 49.6 Å². The number of rotatable bonds is 4. The van der Waals surface area contributed by atoms with Gasteiger partial charge in [-0.05, 0) is 35.1 Å². The SMILES string of the molecule is CN=C(NCC(=O)N1CCc2sccc2C1)NCC1Cc2ccccc2O1. The van der Waals surface area contributed by atoms with E-state index in [1.807, 2.05) is 23.1 Å². The van der Waals surface area contributed by atoms with Crippen molar-refractivity contribution in [2.45, 2.75) is 25.5 Å². The highest BCUT2D eigenvalue weighted by Gasteiger charge is 2.23. The Bertz CT molecular complexity index is 823. The smallest absolute Gasteiger partial charge is 0.242 e. The highest BCUT2D eigenvalue weighted by molar-refractivity contribution is 7.10. The Balaban J connectivity index is 1.22. The number of benzene rings is 1. The molecule has 1 aromatic heterocycles. The zero-order valence-electron chi connectivity index (χ0n) is 15.4. The number of amides is 1. The molecule has 7 heteroatoms. The molecule has 2 aliphatic rings. The minimum absolute atomic E-state index is 0.0794. The number of thiophene rings is 1. The Kier molecular flexibility index (Phi) is 5.29. The summed E-state index contributed by atoms with van der Waals surface area (Å²) in [5.41, 5.74) is 2.51. The number of hydrogen-bond donors (Lipinski definition) is 2. The van der Waals surface area contributed by atoms with Crippen LogP contribution < -0.4 is 15.4 Å². The molecule has 0 saturated carbocycles. The van der Waals surface area contributed by atoms with Gasteiger partial charge in [0.25, 0.3) is 0 Å². The molecule has 0 saturated heterocycles. The van der Waals surface area contributed by atoms with Crippen LogP contribution in [0.15, 0.2) is 40.7 Å². The van der Waals surface area contributed by atoms with E-state index in [4.69, 9.17) is 4.74 Å². The number of carbonyl (C=O) groups excluding carboxylic acids is 1. The van der Waals surface area contributed by atoms with E-state index in [1.54, 1.807) is 18.4 Å². The van der Waals surface area contributed by atoms with Gasteiger partial charge in [-0.3, -0.25) is 9.79 Å². The van der Waals surface area contributed by atoms with Crippen LogP contribution in [-0.2, 0) is 24.2 Å². The quantitative estimate of drug-likeness (QED) is 0.623. The maximum atomic E-state index is 12.5. The molecule has 0 bridgehead atoms.